The van der Waals surface area contributed by atoms with Crippen molar-refractivity contribution in [1.29, 1.82) is 0 Å². The van der Waals surface area contributed by atoms with Gasteiger partial charge in [0.05, 0.1) is 5.54 Å². The van der Waals surface area contributed by atoms with Crippen LogP contribution in [0.5, 0.6) is 0 Å². The number of aliphatic imine (C=N–C) groups is 1. The zero-order chi connectivity index (χ0) is 16.6. The number of benzene rings is 1. The minimum atomic E-state index is -1.22. The highest BCUT2D eigenvalue weighted by molar-refractivity contribution is 8.13. The van der Waals surface area contributed by atoms with Crippen molar-refractivity contribution >= 4 is 28.7 Å². The van der Waals surface area contributed by atoms with E-state index in [9.17, 15) is 13.6 Å². The van der Waals surface area contributed by atoms with Gasteiger partial charge in [0.2, 0.25) is 0 Å². The number of amidine groups is 1. The number of nitrogens with two attached hydrogens (primary N) is 1. The number of hydrogen-bond acceptors (Lipinski definition) is 4. The van der Waals surface area contributed by atoms with Gasteiger partial charge in [-0.25, -0.2) is 13.6 Å². The number of rotatable bonds is 1. The molecule has 2 unspecified atom stereocenters. The second-order valence-electron chi connectivity index (χ2n) is 5.89. The molecular formula is C15H17F2N3O2S. The first-order chi connectivity index (χ1) is 10.9. The van der Waals surface area contributed by atoms with Gasteiger partial charge < -0.3 is 10.8 Å². The third-order valence-corrected chi connectivity index (χ3v) is 5.52. The van der Waals surface area contributed by atoms with Crippen molar-refractivity contribution in [3.63, 3.8) is 0 Å². The summed E-state index contributed by atoms with van der Waals surface area (Å²) in [7, 11) is 0. The molecule has 0 bridgehead atoms. The Labute approximate surface area is 136 Å². The molecule has 23 heavy (non-hydrogen) atoms. The second kappa shape index (κ2) is 5.99. The lowest BCUT2D eigenvalue weighted by atomic mass is 9.69. The standard InChI is InChI=1S/C15H17F2N3O2S/c16-11-6-9(18)5-10(12(11)17)15-4-2-1-3-8(15)7-23-13(20-15)19-14(21)22/h5-6,8H,1-4,7,18H2,(H,19,20)(H,21,22). The molecule has 1 fully saturated rings. The Kier molecular flexibility index (Phi) is 4.18. The van der Waals surface area contributed by atoms with Gasteiger partial charge in [0.25, 0.3) is 0 Å². The maximum atomic E-state index is 14.5. The normalized spacial score (nSPS) is 27.0. The molecule has 1 aromatic rings. The summed E-state index contributed by atoms with van der Waals surface area (Å²) in [5, 5.41) is 11.4. The molecule has 2 atom stereocenters. The van der Waals surface area contributed by atoms with Crippen LogP contribution in [0.25, 0.3) is 0 Å². The van der Waals surface area contributed by atoms with Gasteiger partial charge >= 0.3 is 6.09 Å². The average molecular weight is 341 g/mol. The van der Waals surface area contributed by atoms with E-state index in [0.717, 1.165) is 25.3 Å². The van der Waals surface area contributed by atoms with Crippen LogP contribution in [0, 0.1) is 17.6 Å². The first-order valence-electron chi connectivity index (χ1n) is 7.40. The predicted molar refractivity (Wildman–Crippen MR) is 85.5 cm³/mol. The van der Waals surface area contributed by atoms with Crippen LogP contribution in [0.4, 0.5) is 19.3 Å². The topological polar surface area (TPSA) is 87.7 Å². The van der Waals surface area contributed by atoms with Gasteiger partial charge in [-0.1, -0.05) is 24.6 Å². The highest BCUT2D eigenvalue weighted by Gasteiger charge is 2.47. The predicted octanol–water partition coefficient (Wildman–Crippen LogP) is 3.30. The van der Waals surface area contributed by atoms with E-state index in [-0.39, 0.29) is 22.3 Å². The molecule has 1 saturated carbocycles. The zero-order valence-corrected chi connectivity index (χ0v) is 13.1. The third kappa shape index (κ3) is 2.87. The number of nitrogens with one attached hydrogen (secondary N) is 1. The molecule has 3 rings (SSSR count). The summed E-state index contributed by atoms with van der Waals surface area (Å²) in [6.45, 7) is 0. The molecule has 0 spiro atoms. The summed E-state index contributed by atoms with van der Waals surface area (Å²) in [6, 6.07) is 2.37. The number of hydrogen-bond donors (Lipinski definition) is 3. The molecule has 1 amide bonds. The minimum Gasteiger partial charge on any atom is -0.465 e. The average Bonchev–Trinajstić information content (AvgIpc) is 2.50. The van der Waals surface area contributed by atoms with Crippen LogP contribution in [0.3, 0.4) is 0 Å². The van der Waals surface area contributed by atoms with E-state index < -0.39 is 23.3 Å². The van der Waals surface area contributed by atoms with E-state index >= 15 is 0 Å². The number of fused-ring (bicyclic) bond motifs is 1. The van der Waals surface area contributed by atoms with Gasteiger partial charge in [0.15, 0.2) is 16.8 Å². The number of anilines is 1. The molecule has 1 aromatic carbocycles. The Balaban J connectivity index is 2.15. The zero-order valence-electron chi connectivity index (χ0n) is 12.3. The van der Waals surface area contributed by atoms with Gasteiger partial charge in [-0.2, -0.15) is 0 Å². The maximum Gasteiger partial charge on any atom is 0.410 e. The Morgan fingerprint density at radius 2 is 2.22 bits per heavy atom. The quantitative estimate of drug-likeness (QED) is 0.684. The number of nitrogen functional groups attached to an aromatic ring is 1. The summed E-state index contributed by atoms with van der Waals surface area (Å²) in [5.74, 6) is -1.32. The van der Waals surface area contributed by atoms with Crippen molar-refractivity contribution in [2.45, 2.75) is 31.2 Å². The Morgan fingerprint density at radius 1 is 1.43 bits per heavy atom. The highest BCUT2D eigenvalue weighted by atomic mass is 32.2. The van der Waals surface area contributed by atoms with Gasteiger partial charge in [-0.3, -0.25) is 10.3 Å². The smallest absolute Gasteiger partial charge is 0.410 e. The van der Waals surface area contributed by atoms with Crippen LogP contribution in [0.15, 0.2) is 17.1 Å². The van der Waals surface area contributed by atoms with E-state index in [0.29, 0.717) is 12.2 Å². The highest BCUT2D eigenvalue weighted by Crippen LogP contribution is 2.50. The molecule has 0 aromatic heterocycles. The van der Waals surface area contributed by atoms with Crippen molar-refractivity contribution < 1.29 is 18.7 Å². The molecule has 5 nitrogen and oxygen atoms in total. The van der Waals surface area contributed by atoms with E-state index in [1.54, 1.807) is 0 Å². The Morgan fingerprint density at radius 3 is 2.96 bits per heavy atom. The molecule has 1 heterocycles. The molecule has 2 aliphatic rings. The summed E-state index contributed by atoms with van der Waals surface area (Å²) in [6.07, 6.45) is 1.98. The van der Waals surface area contributed by atoms with Crippen molar-refractivity contribution in [3.05, 3.63) is 29.3 Å². The number of thioether (sulfide) groups is 1. The van der Waals surface area contributed by atoms with Crippen molar-refractivity contribution in [2.75, 3.05) is 11.5 Å². The minimum absolute atomic E-state index is 0.0243. The Bertz CT molecular complexity index is 683. The van der Waals surface area contributed by atoms with Gasteiger partial charge in [-0.15, -0.1) is 0 Å². The van der Waals surface area contributed by atoms with Crippen LogP contribution < -0.4 is 11.1 Å². The molecule has 1 aliphatic carbocycles. The number of halogens is 2. The number of nitrogens with zero attached hydrogens (tertiary/aromatic N) is 1. The molecule has 0 radical (unpaired) electrons. The largest absolute Gasteiger partial charge is 0.465 e. The van der Waals surface area contributed by atoms with Crippen LogP contribution >= 0.6 is 11.8 Å². The van der Waals surface area contributed by atoms with E-state index in [1.807, 2.05) is 0 Å². The summed E-state index contributed by atoms with van der Waals surface area (Å²) < 4.78 is 28.3. The van der Waals surface area contributed by atoms with Crippen LogP contribution in [-0.2, 0) is 5.54 Å². The van der Waals surface area contributed by atoms with Crippen molar-refractivity contribution in [2.24, 2.45) is 10.9 Å². The molecular weight excluding hydrogens is 324 g/mol. The summed E-state index contributed by atoms with van der Waals surface area (Å²) in [5.41, 5.74) is 5.01. The van der Waals surface area contributed by atoms with E-state index in [4.69, 9.17) is 10.8 Å². The lowest BCUT2D eigenvalue weighted by Gasteiger charge is -2.44. The lowest BCUT2D eigenvalue weighted by Crippen LogP contribution is -2.45. The van der Waals surface area contributed by atoms with Crippen LogP contribution in [-0.4, -0.2) is 22.1 Å². The lowest BCUT2D eigenvalue weighted by molar-refractivity contribution is 0.196. The van der Waals surface area contributed by atoms with Gasteiger partial charge in [0, 0.05) is 17.0 Å². The second-order valence-corrected chi connectivity index (χ2v) is 6.90. The van der Waals surface area contributed by atoms with Crippen LogP contribution in [0.1, 0.15) is 31.2 Å². The molecule has 1 aliphatic heterocycles. The van der Waals surface area contributed by atoms with Crippen LogP contribution in [0.2, 0.25) is 0 Å². The fraction of sp³-hybridized carbons (Fsp3) is 0.467. The molecule has 0 saturated heterocycles. The fourth-order valence-corrected chi connectivity index (χ4v) is 4.67. The molecule has 124 valence electrons. The number of carboxylic acid groups (broad SMARTS) is 1. The SMILES string of the molecule is Nc1cc(F)c(F)c(C23CCCCC2CSC(NC(=O)O)=N3)c1. The van der Waals surface area contributed by atoms with Gasteiger partial charge in [0.1, 0.15) is 0 Å². The Hall–Kier alpha value is -1.83. The first kappa shape index (κ1) is 16.0. The molecule has 4 N–H and O–H groups in total. The first-order valence-corrected chi connectivity index (χ1v) is 8.38. The maximum absolute atomic E-state index is 14.5. The number of amides is 1. The third-order valence-electron chi connectivity index (χ3n) is 4.49. The summed E-state index contributed by atoms with van der Waals surface area (Å²) >= 11 is 1.30. The van der Waals surface area contributed by atoms with Crippen molar-refractivity contribution in [1.82, 2.24) is 5.32 Å². The molecule has 8 heteroatoms. The van der Waals surface area contributed by atoms with Crippen molar-refractivity contribution in [3.8, 4) is 0 Å². The van der Waals surface area contributed by atoms with Gasteiger partial charge in [-0.05, 0) is 30.9 Å². The summed E-state index contributed by atoms with van der Waals surface area (Å²) in [4.78, 5) is 15.4. The number of carbonyl (C=O) groups is 1. The monoisotopic (exact) mass is 341 g/mol. The van der Waals surface area contributed by atoms with E-state index in [1.165, 1.54) is 17.8 Å². The fourth-order valence-electron chi connectivity index (χ4n) is 3.48. The van der Waals surface area contributed by atoms with E-state index in [2.05, 4.69) is 10.3 Å².